The van der Waals surface area contributed by atoms with Crippen LogP contribution in [0.1, 0.15) is 34.1 Å². The Balaban J connectivity index is 1.34. The third-order valence-electron chi connectivity index (χ3n) is 4.84. The monoisotopic (exact) mass is 401 g/mol. The molecule has 0 aliphatic carbocycles. The molecule has 1 amide bonds. The van der Waals surface area contributed by atoms with Gasteiger partial charge in [0.15, 0.2) is 11.5 Å². The quantitative estimate of drug-likeness (QED) is 0.627. The molecule has 0 unspecified atom stereocenters. The van der Waals surface area contributed by atoms with E-state index in [9.17, 15) is 4.79 Å². The average Bonchev–Trinajstić information content (AvgIpc) is 3.31. The van der Waals surface area contributed by atoms with Crippen LogP contribution in [0.4, 0.5) is 0 Å². The maximum Gasteiger partial charge on any atom is 0.275 e. The van der Waals surface area contributed by atoms with E-state index in [1.807, 2.05) is 25.1 Å². The molecule has 3 heterocycles. The number of hydrogen-bond donors (Lipinski definition) is 0. The molecular formula is C20H23N3O4S. The zero-order valence-corrected chi connectivity index (χ0v) is 16.8. The highest BCUT2D eigenvalue weighted by molar-refractivity contribution is 7.18. The van der Waals surface area contributed by atoms with Gasteiger partial charge in [-0.25, -0.2) is 4.98 Å². The molecule has 1 fully saturated rings. The number of carbonyl (C=O) groups is 1. The van der Waals surface area contributed by atoms with Crippen molar-refractivity contribution < 1.29 is 18.8 Å². The van der Waals surface area contributed by atoms with Crippen LogP contribution < -0.4 is 4.74 Å². The zero-order chi connectivity index (χ0) is 19.5. The summed E-state index contributed by atoms with van der Waals surface area (Å²) in [5, 5.41) is 4.94. The van der Waals surface area contributed by atoms with Crippen molar-refractivity contribution >= 4 is 27.5 Å². The molecule has 148 valence electrons. The number of benzene rings is 1. The van der Waals surface area contributed by atoms with Crippen LogP contribution in [-0.2, 0) is 11.3 Å². The number of carbonyl (C=O) groups excluding carboxylic acids is 1. The Hall–Kier alpha value is -2.45. The lowest BCUT2D eigenvalue weighted by molar-refractivity contribution is 0.0493. The minimum absolute atomic E-state index is 0.138. The van der Waals surface area contributed by atoms with Crippen molar-refractivity contribution in [2.45, 2.75) is 26.4 Å². The van der Waals surface area contributed by atoms with E-state index in [4.69, 9.17) is 14.0 Å². The first-order valence-electron chi connectivity index (χ1n) is 9.37. The predicted octanol–water partition coefficient (Wildman–Crippen LogP) is 3.67. The van der Waals surface area contributed by atoms with Crippen LogP contribution in [0.3, 0.4) is 0 Å². The third kappa shape index (κ3) is 4.34. The number of hydrogen-bond acceptors (Lipinski definition) is 7. The fraction of sp³-hybridized carbons (Fsp3) is 0.450. The standard InChI is InChI=1S/C20H23N3O4S/c1-13-21-17-9-15(3-4-19(17)28-13)26-12-16-10-18(22-27-16)20(24)23(2)11-14-5-7-25-8-6-14/h3-4,9-10,14H,5-8,11-12H2,1-2H3. The summed E-state index contributed by atoms with van der Waals surface area (Å²) in [6.07, 6.45) is 1.97. The highest BCUT2D eigenvalue weighted by Gasteiger charge is 2.22. The van der Waals surface area contributed by atoms with Gasteiger partial charge in [0.1, 0.15) is 12.4 Å². The molecule has 0 bridgehead atoms. The van der Waals surface area contributed by atoms with E-state index >= 15 is 0 Å². The molecule has 1 aliphatic heterocycles. The van der Waals surface area contributed by atoms with Crippen molar-refractivity contribution in [2.75, 3.05) is 26.8 Å². The fourth-order valence-electron chi connectivity index (χ4n) is 3.34. The van der Waals surface area contributed by atoms with Crippen LogP contribution in [0.15, 0.2) is 28.8 Å². The van der Waals surface area contributed by atoms with E-state index in [-0.39, 0.29) is 12.5 Å². The lowest BCUT2D eigenvalue weighted by Gasteiger charge is -2.26. The van der Waals surface area contributed by atoms with Crippen LogP contribution in [0.2, 0.25) is 0 Å². The first kappa shape index (κ1) is 18.9. The van der Waals surface area contributed by atoms with Crippen molar-refractivity contribution in [1.29, 1.82) is 0 Å². The van der Waals surface area contributed by atoms with E-state index in [2.05, 4.69) is 10.1 Å². The number of aromatic nitrogens is 2. The number of ether oxygens (including phenoxy) is 2. The number of amides is 1. The number of aryl methyl sites for hydroxylation is 1. The second-order valence-electron chi connectivity index (χ2n) is 7.07. The Morgan fingerprint density at radius 2 is 2.14 bits per heavy atom. The van der Waals surface area contributed by atoms with Crippen LogP contribution in [0, 0.1) is 12.8 Å². The van der Waals surface area contributed by atoms with Crippen molar-refractivity contribution in [3.8, 4) is 5.75 Å². The molecule has 0 saturated carbocycles. The maximum absolute atomic E-state index is 12.6. The molecule has 28 heavy (non-hydrogen) atoms. The number of thiazole rings is 1. The van der Waals surface area contributed by atoms with Crippen molar-refractivity contribution in [3.63, 3.8) is 0 Å². The molecule has 3 aromatic rings. The minimum atomic E-state index is -0.138. The predicted molar refractivity (Wildman–Crippen MR) is 106 cm³/mol. The molecule has 0 radical (unpaired) electrons. The topological polar surface area (TPSA) is 77.7 Å². The zero-order valence-electron chi connectivity index (χ0n) is 16.0. The summed E-state index contributed by atoms with van der Waals surface area (Å²) >= 11 is 1.65. The highest BCUT2D eigenvalue weighted by Crippen LogP contribution is 2.26. The Labute approximate surface area is 167 Å². The van der Waals surface area contributed by atoms with Crippen LogP contribution in [0.25, 0.3) is 10.2 Å². The van der Waals surface area contributed by atoms with Gasteiger partial charge in [0.25, 0.3) is 5.91 Å². The SMILES string of the molecule is Cc1nc2cc(OCc3cc(C(=O)N(C)CC4CCOCC4)no3)ccc2s1. The summed E-state index contributed by atoms with van der Waals surface area (Å²) < 4.78 is 17.6. The smallest absolute Gasteiger partial charge is 0.275 e. The molecule has 8 heteroatoms. The van der Waals surface area contributed by atoms with Gasteiger partial charge >= 0.3 is 0 Å². The lowest BCUT2D eigenvalue weighted by atomic mass is 10.00. The summed E-state index contributed by atoms with van der Waals surface area (Å²) in [4.78, 5) is 18.8. The maximum atomic E-state index is 12.6. The molecule has 7 nitrogen and oxygen atoms in total. The Morgan fingerprint density at radius 1 is 1.32 bits per heavy atom. The first-order valence-corrected chi connectivity index (χ1v) is 10.2. The molecule has 1 aromatic carbocycles. The first-order chi connectivity index (χ1) is 13.6. The van der Waals surface area contributed by atoms with E-state index in [1.54, 1.807) is 29.4 Å². The lowest BCUT2D eigenvalue weighted by Crippen LogP contribution is -2.34. The van der Waals surface area contributed by atoms with Crippen LogP contribution in [-0.4, -0.2) is 47.8 Å². The van der Waals surface area contributed by atoms with Gasteiger partial charge in [0.05, 0.1) is 15.2 Å². The minimum Gasteiger partial charge on any atom is -0.485 e. The second kappa shape index (κ2) is 8.28. The summed E-state index contributed by atoms with van der Waals surface area (Å²) in [5.74, 6) is 1.55. The largest absolute Gasteiger partial charge is 0.485 e. The van der Waals surface area contributed by atoms with Gasteiger partial charge in [-0.05, 0) is 37.8 Å². The van der Waals surface area contributed by atoms with Crippen molar-refractivity contribution in [2.24, 2.45) is 5.92 Å². The Kier molecular flexibility index (Phi) is 5.59. The third-order valence-corrected chi connectivity index (χ3v) is 5.80. The van der Waals surface area contributed by atoms with Gasteiger partial charge in [-0.15, -0.1) is 11.3 Å². The fourth-order valence-corrected chi connectivity index (χ4v) is 4.15. The molecule has 2 aromatic heterocycles. The molecular weight excluding hydrogens is 378 g/mol. The van der Waals surface area contributed by atoms with Gasteiger partial charge < -0.3 is 18.9 Å². The van der Waals surface area contributed by atoms with E-state index in [1.165, 1.54) is 0 Å². The van der Waals surface area contributed by atoms with Gasteiger partial charge in [-0.1, -0.05) is 5.16 Å². The highest BCUT2D eigenvalue weighted by atomic mass is 32.1. The summed E-state index contributed by atoms with van der Waals surface area (Å²) in [5.41, 5.74) is 1.22. The van der Waals surface area contributed by atoms with E-state index in [0.717, 1.165) is 41.3 Å². The summed E-state index contributed by atoms with van der Waals surface area (Å²) in [7, 11) is 1.80. The van der Waals surface area contributed by atoms with E-state index < -0.39 is 0 Å². The number of fused-ring (bicyclic) bond motifs is 1. The molecule has 0 N–H and O–H groups in total. The van der Waals surface area contributed by atoms with Gasteiger partial charge in [-0.2, -0.15) is 0 Å². The second-order valence-corrected chi connectivity index (χ2v) is 8.31. The molecule has 0 atom stereocenters. The Morgan fingerprint density at radius 3 is 2.96 bits per heavy atom. The average molecular weight is 401 g/mol. The van der Waals surface area contributed by atoms with Crippen LogP contribution in [0.5, 0.6) is 5.75 Å². The van der Waals surface area contributed by atoms with Crippen molar-refractivity contribution in [1.82, 2.24) is 15.0 Å². The van der Waals surface area contributed by atoms with Gasteiger partial charge in [0, 0.05) is 38.9 Å². The number of nitrogens with zero attached hydrogens (tertiary/aromatic N) is 3. The van der Waals surface area contributed by atoms with Crippen molar-refractivity contribution in [3.05, 3.63) is 40.7 Å². The molecule has 1 aliphatic rings. The van der Waals surface area contributed by atoms with Gasteiger partial charge in [-0.3, -0.25) is 4.79 Å². The molecule has 0 spiro atoms. The summed E-state index contributed by atoms with van der Waals surface area (Å²) in [6.45, 7) is 4.43. The normalized spacial score (nSPS) is 15.1. The van der Waals surface area contributed by atoms with Gasteiger partial charge in [0.2, 0.25) is 0 Å². The number of rotatable bonds is 6. The molecule has 1 saturated heterocycles. The Bertz CT molecular complexity index is 961. The van der Waals surface area contributed by atoms with E-state index in [0.29, 0.717) is 29.7 Å². The summed E-state index contributed by atoms with van der Waals surface area (Å²) in [6, 6.07) is 7.46. The molecule has 4 rings (SSSR count). The van der Waals surface area contributed by atoms with Crippen LogP contribution >= 0.6 is 11.3 Å².